The zero-order chi connectivity index (χ0) is 52.4. The van der Waals surface area contributed by atoms with Gasteiger partial charge in [0.2, 0.25) is 11.8 Å². The van der Waals surface area contributed by atoms with Crippen molar-refractivity contribution in [2.24, 2.45) is 11.8 Å². The predicted molar refractivity (Wildman–Crippen MR) is 274 cm³/mol. The van der Waals surface area contributed by atoms with E-state index >= 15 is 0 Å². The average Bonchev–Trinajstić information content (AvgIpc) is 4.01. The van der Waals surface area contributed by atoms with Crippen molar-refractivity contribution >= 4 is 74.6 Å². The van der Waals surface area contributed by atoms with Gasteiger partial charge in [0.25, 0.3) is 0 Å². The maximum Gasteiger partial charge on any atom is 0.334 e. The van der Waals surface area contributed by atoms with Gasteiger partial charge in [-0.15, -0.1) is 0 Å². The Balaban J connectivity index is 1.36. The number of unbranched alkanes of at least 4 members (excludes halogenated alkanes) is 1. The summed E-state index contributed by atoms with van der Waals surface area (Å²) in [6.45, 7) is 17.1. The number of aromatic amines is 2. The topological polar surface area (TPSA) is 241 Å². The van der Waals surface area contributed by atoms with Crippen LogP contribution in [0.3, 0.4) is 0 Å². The van der Waals surface area contributed by atoms with Crippen LogP contribution in [-0.4, -0.2) is 108 Å². The van der Waals surface area contributed by atoms with Crippen molar-refractivity contribution in [1.29, 1.82) is 0 Å². The largest absolute Gasteiger partial charge is 0.480 e. The van der Waals surface area contributed by atoms with Crippen molar-refractivity contribution in [3.8, 4) is 0 Å². The number of carboxylic acid groups (broad SMARTS) is 1. The number of aryl methyl sites for hydroxylation is 2. The highest BCUT2D eigenvalue weighted by Crippen LogP contribution is 2.53. The van der Waals surface area contributed by atoms with Gasteiger partial charge in [-0.25, -0.2) is 19.6 Å². The summed E-state index contributed by atoms with van der Waals surface area (Å²) in [5, 5.41) is 15.3. The minimum absolute atomic E-state index is 0.0746. The molecule has 2 aromatic heterocycles. The van der Waals surface area contributed by atoms with E-state index in [2.05, 4.69) is 41.0 Å². The molecule has 0 saturated heterocycles. The minimum Gasteiger partial charge on any atom is -0.480 e. The van der Waals surface area contributed by atoms with Crippen LogP contribution in [0.2, 0.25) is 0 Å². The second kappa shape index (κ2) is 23.8. The molecule has 4 aliphatic rings. The smallest absolute Gasteiger partial charge is 0.334 e. The van der Waals surface area contributed by atoms with Gasteiger partial charge < -0.3 is 44.7 Å². The lowest BCUT2D eigenvalue weighted by atomic mass is 9.64. The third kappa shape index (κ3) is 12.0. The van der Waals surface area contributed by atoms with Gasteiger partial charge in [0.05, 0.1) is 61.7 Å². The molecule has 2 amide bonds. The maximum absolute atomic E-state index is 13.9. The molecule has 0 fully saturated rings. The van der Waals surface area contributed by atoms with Gasteiger partial charge in [-0.2, -0.15) is 0 Å². The highest BCUT2D eigenvalue weighted by molar-refractivity contribution is 6.02. The molecular weight excluding hydrogens is 921 g/mol. The lowest BCUT2D eigenvalue weighted by Crippen LogP contribution is -2.42. The van der Waals surface area contributed by atoms with Gasteiger partial charge in [0, 0.05) is 60.4 Å². The number of methoxy groups -OCH3 is 3. The van der Waals surface area contributed by atoms with E-state index in [9.17, 15) is 33.9 Å². The van der Waals surface area contributed by atoms with Crippen LogP contribution in [0, 0.1) is 18.8 Å². The number of fused-ring (bicyclic) bond motifs is 11. The number of hydrogen-bond donors (Lipinski definition) is 5. The summed E-state index contributed by atoms with van der Waals surface area (Å²) in [4.78, 5) is 95.0. The Morgan fingerprint density at radius 2 is 1.53 bits per heavy atom. The van der Waals surface area contributed by atoms with Gasteiger partial charge in [-0.05, 0) is 130 Å². The minimum atomic E-state index is -1.18. The van der Waals surface area contributed by atoms with E-state index in [-0.39, 0.29) is 49.7 Å². The van der Waals surface area contributed by atoms with Gasteiger partial charge in [-0.3, -0.25) is 19.2 Å². The maximum atomic E-state index is 13.9. The first-order chi connectivity index (χ1) is 34.4. The molecular formula is C55H68N6O11. The number of carbonyl (C=O) groups is 6. The summed E-state index contributed by atoms with van der Waals surface area (Å²) in [7, 11) is 3.88. The van der Waals surface area contributed by atoms with Gasteiger partial charge >= 0.3 is 23.9 Å². The number of allylic oxidation sites excluding steroid dienone is 8. The van der Waals surface area contributed by atoms with Crippen LogP contribution < -0.4 is 10.6 Å². The summed E-state index contributed by atoms with van der Waals surface area (Å²) in [5.41, 5.74) is 9.78. The molecule has 5 heterocycles. The number of nitrogens with zero attached hydrogens (tertiary/aromatic N) is 2. The fourth-order valence-electron chi connectivity index (χ4n) is 9.60. The van der Waals surface area contributed by atoms with Crippen molar-refractivity contribution in [3.05, 3.63) is 99.9 Å². The quantitative estimate of drug-likeness (QED) is 0.0430. The highest BCUT2D eigenvalue weighted by Gasteiger charge is 2.53. The molecule has 8 bridgehead atoms. The average molecular weight is 989 g/mol. The summed E-state index contributed by atoms with van der Waals surface area (Å²) in [6.07, 6.45) is 8.16. The van der Waals surface area contributed by atoms with Gasteiger partial charge in [-0.1, -0.05) is 38.7 Å². The molecule has 1 aliphatic carbocycles. The summed E-state index contributed by atoms with van der Waals surface area (Å²) in [6, 6.07) is 6.61. The van der Waals surface area contributed by atoms with Crippen molar-refractivity contribution < 1.29 is 52.8 Å². The third-order valence-corrected chi connectivity index (χ3v) is 13.9. The molecule has 1 unspecified atom stereocenters. The zero-order valence-electron chi connectivity index (χ0n) is 42.9. The van der Waals surface area contributed by atoms with Gasteiger partial charge in [0.1, 0.15) is 12.0 Å². The van der Waals surface area contributed by atoms with Crippen LogP contribution in [0.25, 0.3) is 38.9 Å². The molecule has 384 valence electrons. The van der Waals surface area contributed by atoms with E-state index in [0.717, 1.165) is 50.9 Å². The molecule has 17 heteroatoms. The van der Waals surface area contributed by atoms with E-state index in [1.165, 1.54) is 21.3 Å². The number of carbonyl (C=O) groups excluding carboxylic acids is 5. The van der Waals surface area contributed by atoms with Crippen LogP contribution >= 0.6 is 0 Å². The fraction of sp³-hybridized carbons (Fsp3) is 0.455. The first-order valence-corrected chi connectivity index (χ1v) is 24.5. The Bertz CT molecular complexity index is 2840. The molecule has 0 aromatic carbocycles. The number of hydrogen-bond acceptors (Lipinski definition) is 12. The Morgan fingerprint density at radius 3 is 2.21 bits per heavy atom. The molecule has 6 rings (SSSR count). The Labute approximate surface area is 420 Å². The van der Waals surface area contributed by atoms with E-state index in [0.29, 0.717) is 84.4 Å². The fourth-order valence-corrected chi connectivity index (χ4v) is 9.60. The van der Waals surface area contributed by atoms with E-state index in [4.69, 9.17) is 28.9 Å². The van der Waals surface area contributed by atoms with Crippen LogP contribution in [0.15, 0.2) is 54.6 Å². The second-order valence-electron chi connectivity index (χ2n) is 19.0. The van der Waals surface area contributed by atoms with E-state index < -0.39 is 41.3 Å². The first-order valence-electron chi connectivity index (χ1n) is 24.5. The van der Waals surface area contributed by atoms with Crippen molar-refractivity contribution in [2.45, 2.75) is 111 Å². The lowest BCUT2D eigenvalue weighted by Gasteiger charge is -2.36. The SMILES string of the molecule is C=CC1=C(C)c2cc3[nH]c(cc4nc(cc5[nH]c(cc1n2)c(C)c5CCC(=O)NCCCCC(NC(=O)CCOCCC(C)C)C(=O)O)C(CCC(=O)OC)=C4C)[C@]1(C)C3=CC=C(C(=O)OC)[C@@H]1C(=O)OC. The van der Waals surface area contributed by atoms with Gasteiger partial charge in [0.15, 0.2) is 0 Å². The van der Waals surface area contributed by atoms with Crippen LogP contribution in [-0.2, 0) is 59.6 Å². The normalized spacial score (nSPS) is 17.1. The lowest BCUT2D eigenvalue weighted by molar-refractivity contribution is -0.149. The van der Waals surface area contributed by atoms with Crippen molar-refractivity contribution in [3.63, 3.8) is 0 Å². The number of rotatable bonds is 22. The van der Waals surface area contributed by atoms with E-state index in [1.807, 2.05) is 58.0 Å². The Hall–Kier alpha value is -7.14. The molecule has 17 nitrogen and oxygen atoms in total. The number of aromatic nitrogens is 4. The zero-order valence-corrected chi connectivity index (χ0v) is 42.9. The summed E-state index contributed by atoms with van der Waals surface area (Å²) < 4.78 is 21.1. The molecule has 0 saturated carbocycles. The van der Waals surface area contributed by atoms with E-state index in [1.54, 1.807) is 12.2 Å². The molecule has 0 radical (unpaired) electrons. The van der Waals surface area contributed by atoms with Crippen LogP contribution in [0.4, 0.5) is 0 Å². The number of esters is 3. The monoisotopic (exact) mass is 988 g/mol. The molecule has 5 N–H and O–H groups in total. The molecule has 3 aliphatic heterocycles. The Kier molecular flexibility index (Phi) is 18.0. The van der Waals surface area contributed by atoms with Crippen molar-refractivity contribution in [1.82, 2.24) is 30.6 Å². The number of amides is 2. The first kappa shape index (κ1) is 54.2. The van der Waals surface area contributed by atoms with Crippen LogP contribution in [0.5, 0.6) is 0 Å². The summed E-state index contributed by atoms with van der Waals surface area (Å²) in [5.74, 6) is -4.01. The molecule has 0 spiro atoms. The second-order valence-corrected chi connectivity index (χ2v) is 19.0. The molecule has 72 heavy (non-hydrogen) atoms. The molecule has 3 atom stereocenters. The summed E-state index contributed by atoms with van der Waals surface area (Å²) >= 11 is 0. The number of aliphatic carboxylic acids is 1. The number of nitrogens with one attached hydrogen (secondary N) is 4. The standard InChI is InChI=1S/C55H68N6O11/c1-11-34-31(4)41-27-46-38-18-15-37(53(67)70-9)51(54(68)71-10)55(38,7)47(60-46)29-42-33(6)36(17-20-50(64)69-8)45(59-42)28-44-35(32(5)40(58-44)26-43(34)57-41)16-19-48(62)56-23-13-12-14-39(52(65)66)61-49(63)22-25-72-24-21-30(2)3/h11,15,18,26-30,39,51,58,60H,1,12-14,16-17,19-25H2,2-10H3,(H,56,62)(H,61,63)(H,65,66)/t39?,51-,55+/m1/s1. The van der Waals surface area contributed by atoms with Crippen LogP contribution in [0.1, 0.15) is 131 Å². The van der Waals surface area contributed by atoms with Crippen molar-refractivity contribution in [2.75, 3.05) is 41.1 Å². The molecule has 2 aromatic rings. The number of H-pyrrole nitrogens is 2. The Morgan fingerprint density at radius 1 is 0.806 bits per heavy atom. The predicted octanol–water partition coefficient (Wildman–Crippen LogP) is 7.83. The third-order valence-electron chi connectivity index (χ3n) is 13.9. The highest BCUT2D eigenvalue weighted by atomic mass is 16.5. The number of ether oxygens (including phenoxy) is 4. The number of carboxylic acids is 1.